The van der Waals surface area contributed by atoms with Crippen molar-refractivity contribution in [1.82, 2.24) is 4.90 Å². The van der Waals surface area contributed by atoms with E-state index in [0.29, 0.717) is 21.6 Å². The predicted octanol–water partition coefficient (Wildman–Crippen LogP) is 4.67. The minimum Gasteiger partial charge on any atom is -0.508 e. The van der Waals surface area contributed by atoms with E-state index < -0.39 is 0 Å². The molecule has 0 unspecified atom stereocenters. The molecule has 1 fully saturated rings. The maximum Gasteiger partial charge on any atom is 0.266 e. The zero-order valence-corrected chi connectivity index (χ0v) is 14.5. The van der Waals surface area contributed by atoms with Gasteiger partial charge in [-0.3, -0.25) is 9.69 Å². The second-order valence-electron chi connectivity index (χ2n) is 5.12. The predicted molar refractivity (Wildman–Crippen MR) is 99.6 cm³/mol. The summed E-state index contributed by atoms with van der Waals surface area (Å²) in [5.74, 6) is 0.131. The molecular weight excluding hydrogens is 344 g/mol. The Morgan fingerprint density at radius 1 is 1.17 bits per heavy atom. The number of carbonyl (C=O) groups is 1. The van der Waals surface area contributed by atoms with Crippen LogP contribution < -0.4 is 0 Å². The number of hydrogen-bond donors (Lipinski definition) is 1. The van der Waals surface area contributed by atoms with E-state index in [1.54, 1.807) is 47.4 Å². The van der Waals surface area contributed by atoms with Crippen LogP contribution in [0, 0.1) is 0 Å². The van der Waals surface area contributed by atoms with Gasteiger partial charge in [0, 0.05) is 11.6 Å². The van der Waals surface area contributed by atoms with Gasteiger partial charge in [0.05, 0.1) is 10.6 Å². The number of amidine groups is 1. The number of phenolic OH excluding ortho intramolecular Hbond substituents is 1. The molecule has 0 radical (unpaired) electrons. The van der Waals surface area contributed by atoms with Crippen LogP contribution in [-0.4, -0.2) is 27.6 Å². The molecule has 1 aliphatic rings. The average molecular weight is 359 g/mol. The van der Waals surface area contributed by atoms with Gasteiger partial charge < -0.3 is 5.11 Å². The van der Waals surface area contributed by atoms with Crippen molar-refractivity contribution in [2.75, 3.05) is 6.54 Å². The summed E-state index contributed by atoms with van der Waals surface area (Å²) in [5.41, 5.74) is 1.60. The number of thioether (sulfide) groups is 1. The van der Waals surface area contributed by atoms with Crippen LogP contribution in [0.25, 0.3) is 6.08 Å². The largest absolute Gasteiger partial charge is 0.508 e. The van der Waals surface area contributed by atoms with Crippen LogP contribution in [0.3, 0.4) is 0 Å². The second kappa shape index (κ2) is 7.11. The number of phenols is 1. The van der Waals surface area contributed by atoms with Crippen molar-refractivity contribution < 1.29 is 9.90 Å². The molecule has 1 saturated heterocycles. The van der Waals surface area contributed by atoms with Crippen LogP contribution in [0.5, 0.6) is 5.75 Å². The Kier molecular flexibility index (Phi) is 4.92. The molecular formula is C18H15ClN2O2S. The summed E-state index contributed by atoms with van der Waals surface area (Å²) >= 11 is 7.23. The molecule has 3 rings (SSSR count). The fourth-order valence-corrected chi connectivity index (χ4v) is 3.41. The van der Waals surface area contributed by atoms with Gasteiger partial charge in [-0.15, -0.1) is 0 Å². The van der Waals surface area contributed by atoms with E-state index in [2.05, 4.69) is 4.99 Å². The van der Waals surface area contributed by atoms with Gasteiger partial charge in [-0.2, -0.15) is 0 Å². The lowest BCUT2D eigenvalue weighted by atomic mass is 10.2. The number of amides is 1. The first-order valence-corrected chi connectivity index (χ1v) is 8.61. The normalized spacial score (nSPS) is 17.9. The highest BCUT2D eigenvalue weighted by Crippen LogP contribution is 2.34. The lowest BCUT2D eigenvalue weighted by molar-refractivity contribution is -0.122. The summed E-state index contributed by atoms with van der Waals surface area (Å²) in [5, 5.41) is 10.6. The molecule has 0 atom stereocenters. The van der Waals surface area contributed by atoms with E-state index in [-0.39, 0.29) is 11.7 Å². The maximum absolute atomic E-state index is 12.5. The van der Waals surface area contributed by atoms with E-state index in [9.17, 15) is 9.90 Å². The fourth-order valence-electron chi connectivity index (χ4n) is 2.22. The van der Waals surface area contributed by atoms with Crippen LogP contribution in [-0.2, 0) is 4.79 Å². The number of hydrogen-bond acceptors (Lipinski definition) is 4. The zero-order valence-electron chi connectivity index (χ0n) is 12.9. The Hall–Kier alpha value is -2.24. The van der Waals surface area contributed by atoms with Gasteiger partial charge in [0.15, 0.2) is 5.17 Å². The number of nitrogens with zero attached hydrogens (tertiary/aromatic N) is 2. The highest BCUT2D eigenvalue weighted by atomic mass is 35.5. The molecule has 2 aromatic carbocycles. The van der Waals surface area contributed by atoms with Gasteiger partial charge in [0.2, 0.25) is 0 Å². The van der Waals surface area contributed by atoms with Gasteiger partial charge >= 0.3 is 0 Å². The van der Waals surface area contributed by atoms with Gasteiger partial charge in [-0.25, -0.2) is 4.99 Å². The Labute approximate surface area is 149 Å². The molecule has 0 spiro atoms. The Balaban J connectivity index is 1.91. The molecule has 0 aromatic heterocycles. The van der Waals surface area contributed by atoms with Crippen molar-refractivity contribution in [1.29, 1.82) is 0 Å². The minimum atomic E-state index is -0.0664. The average Bonchev–Trinajstić information content (AvgIpc) is 2.86. The molecule has 0 aliphatic carbocycles. The van der Waals surface area contributed by atoms with Crippen molar-refractivity contribution in [3.8, 4) is 5.75 Å². The summed E-state index contributed by atoms with van der Waals surface area (Å²) in [4.78, 5) is 19.4. The molecule has 1 amide bonds. The van der Waals surface area contributed by atoms with Gasteiger partial charge in [-0.05, 0) is 66.7 Å². The van der Waals surface area contributed by atoms with Crippen molar-refractivity contribution in [3.05, 3.63) is 64.0 Å². The van der Waals surface area contributed by atoms with E-state index in [1.807, 2.05) is 19.1 Å². The quantitative estimate of drug-likeness (QED) is 0.811. The first-order valence-electron chi connectivity index (χ1n) is 7.41. The van der Waals surface area contributed by atoms with E-state index in [0.717, 1.165) is 11.3 Å². The number of likely N-dealkylation sites (N-methyl/N-ethyl adjacent to an activating group) is 1. The summed E-state index contributed by atoms with van der Waals surface area (Å²) in [6, 6.07) is 13.9. The number of halogens is 1. The summed E-state index contributed by atoms with van der Waals surface area (Å²) in [6.07, 6.45) is 1.81. The van der Waals surface area contributed by atoms with Crippen molar-refractivity contribution in [2.24, 2.45) is 4.99 Å². The van der Waals surface area contributed by atoms with Gasteiger partial charge in [-0.1, -0.05) is 23.7 Å². The molecule has 1 aliphatic heterocycles. The zero-order chi connectivity index (χ0) is 17.1. The Morgan fingerprint density at radius 3 is 2.46 bits per heavy atom. The molecule has 0 bridgehead atoms. The fraction of sp³-hybridized carbons (Fsp3) is 0.111. The molecule has 122 valence electrons. The third-order valence-electron chi connectivity index (χ3n) is 3.45. The third kappa shape index (κ3) is 3.63. The Bertz CT molecular complexity index is 814. The third-order valence-corrected chi connectivity index (χ3v) is 4.71. The molecule has 4 nitrogen and oxygen atoms in total. The van der Waals surface area contributed by atoms with Crippen LogP contribution >= 0.6 is 23.4 Å². The smallest absolute Gasteiger partial charge is 0.266 e. The molecule has 1 N–H and O–H groups in total. The maximum atomic E-state index is 12.5. The van der Waals surface area contributed by atoms with Gasteiger partial charge in [0.1, 0.15) is 5.75 Å². The van der Waals surface area contributed by atoms with E-state index in [1.165, 1.54) is 11.8 Å². The molecule has 6 heteroatoms. The molecule has 2 aromatic rings. The summed E-state index contributed by atoms with van der Waals surface area (Å²) < 4.78 is 0. The number of rotatable bonds is 3. The van der Waals surface area contributed by atoms with Crippen LogP contribution in [0.1, 0.15) is 12.5 Å². The van der Waals surface area contributed by atoms with Crippen LogP contribution in [0.2, 0.25) is 5.02 Å². The first kappa shape index (κ1) is 16.6. The minimum absolute atomic E-state index is 0.0664. The van der Waals surface area contributed by atoms with Crippen molar-refractivity contribution >= 4 is 46.2 Å². The van der Waals surface area contributed by atoms with Crippen LogP contribution in [0.15, 0.2) is 58.4 Å². The standard InChI is InChI=1S/C18H15ClN2O2S/c1-2-21-17(23)16(11-12-3-9-15(22)10-4-12)24-18(21)20-14-7-5-13(19)6-8-14/h3-11,22H,2H2,1H3/b16-11+,20-18?. The topological polar surface area (TPSA) is 52.9 Å². The highest BCUT2D eigenvalue weighted by molar-refractivity contribution is 8.18. The molecule has 0 saturated carbocycles. The lowest BCUT2D eigenvalue weighted by Crippen LogP contribution is -2.28. The van der Waals surface area contributed by atoms with E-state index in [4.69, 9.17) is 11.6 Å². The van der Waals surface area contributed by atoms with Crippen LogP contribution in [0.4, 0.5) is 5.69 Å². The second-order valence-corrected chi connectivity index (χ2v) is 6.57. The highest BCUT2D eigenvalue weighted by Gasteiger charge is 2.32. The van der Waals surface area contributed by atoms with E-state index >= 15 is 0 Å². The monoisotopic (exact) mass is 358 g/mol. The lowest BCUT2D eigenvalue weighted by Gasteiger charge is -2.11. The van der Waals surface area contributed by atoms with Crippen molar-refractivity contribution in [2.45, 2.75) is 6.92 Å². The number of carbonyl (C=O) groups excluding carboxylic acids is 1. The number of aliphatic imine (C=N–C) groups is 1. The summed E-state index contributed by atoms with van der Waals surface area (Å²) in [6.45, 7) is 2.46. The molecule has 24 heavy (non-hydrogen) atoms. The van der Waals surface area contributed by atoms with Gasteiger partial charge in [0.25, 0.3) is 5.91 Å². The Morgan fingerprint density at radius 2 is 1.83 bits per heavy atom. The first-order chi connectivity index (χ1) is 11.6. The SMILES string of the molecule is CCN1C(=O)/C(=C\c2ccc(O)cc2)SC1=Nc1ccc(Cl)cc1. The number of aromatic hydroxyl groups is 1. The molecule has 1 heterocycles. The van der Waals surface area contributed by atoms with Crippen molar-refractivity contribution in [3.63, 3.8) is 0 Å². The summed E-state index contributed by atoms with van der Waals surface area (Å²) in [7, 11) is 0. The number of benzene rings is 2.